The van der Waals surface area contributed by atoms with Crippen LogP contribution < -0.4 is 5.32 Å². The van der Waals surface area contributed by atoms with Gasteiger partial charge in [0, 0.05) is 18.9 Å². The Morgan fingerprint density at radius 2 is 2.06 bits per heavy atom. The molecule has 4 heteroatoms. The Kier molecular flexibility index (Phi) is 2.94. The number of rotatable bonds is 6. The highest BCUT2D eigenvalue weighted by molar-refractivity contribution is 5.93. The molecule has 0 spiro atoms. The number of carboxylic acids is 1. The van der Waals surface area contributed by atoms with Crippen molar-refractivity contribution in [3.8, 4) is 0 Å². The smallest absolute Gasteiger partial charge is 0.339 e. The van der Waals surface area contributed by atoms with Crippen LogP contribution in [0.5, 0.6) is 0 Å². The van der Waals surface area contributed by atoms with Gasteiger partial charge in [-0.05, 0) is 49.5 Å². The molecule has 4 nitrogen and oxygen atoms in total. The molecule has 2 saturated carbocycles. The molecule has 0 bridgehead atoms. The van der Waals surface area contributed by atoms with Gasteiger partial charge in [0.25, 0.3) is 0 Å². The summed E-state index contributed by atoms with van der Waals surface area (Å²) in [7, 11) is 0. The standard InChI is InChI=1S/C14H18N2O2/c17-14(18)12-7-15-6-5-13(12)16-8-11(9-1-2-9)10-3-4-10/h5-7,9-11H,1-4,8H2,(H,15,16)(H,17,18). The third-order valence-corrected chi connectivity index (χ3v) is 4.03. The molecule has 0 aromatic carbocycles. The van der Waals surface area contributed by atoms with Crippen LogP contribution in [0.2, 0.25) is 0 Å². The number of aromatic nitrogens is 1. The molecule has 3 rings (SSSR count). The van der Waals surface area contributed by atoms with Crippen LogP contribution in [0.25, 0.3) is 0 Å². The first kappa shape index (κ1) is 11.5. The van der Waals surface area contributed by atoms with E-state index >= 15 is 0 Å². The molecule has 2 aliphatic carbocycles. The van der Waals surface area contributed by atoms with Crippen molar-refractivity contribution in [1.82, 2.24) is 4.98 Å². The fourth-order valence-corrected chi connectivity index (χ4v) is 2.71. The van der Waals surface area contributed by atoms with Crippen molar-refractivity contribution in [2.75, 3.05) is 11.9 Å². The van der Waals surface area contributed by atoms with Gasteiger partial charge in [0.2, 0.25) is 0 Å². The molecule has 1 aromatic rings. The van der Waals surface area contributed by atoms with E-state index in [2.05, 4.69) is 10.3 Å². The second-order valence-electron chi connectivity index (χ2n) is 5.45. The topological polar surface area (TPSA) is 62.2 Å². The Hall–Kier alpha value is -1.58. The average molecular weight is 246 g/mol. The van der Waals surface area contributed by atoms with Gasteiger partial charge in [-0.2, -0.15) is 0 Å². The summed E-state index contributed by atoms with van der Waals surface area (Å²) < 4.78 is 0. The number of carboxylic acid groups (broad SMARTS) is 1. The maximum absolute atomic E-state index is 11.1. The fourth-order valence-electron chi connectivity index (χ4n) is 2.71. The predicted molar refractivity (Wildman–Crippen MR) is 68.6 cm³/mol. The van der Waals surface area contributed by atoms with Gasteiger partial charge in [-0.15, -0.1) is 0 Å². The van der Waals surface area contributed by atoms with Crippen LogP contribution in [-0.4, -0.2) is 22.6 Å². The maximum Gasteiger partial charge on any atom is 0.339 e. The highest BCUT2D eigenvalue weighted by Crippen LogP contribution is 2.49. The molecule has 0 amide bonds. The Balaban J connectivity index is 1.66. The minimum Gasteiger partial charge on any atom is -0.478 e. The van der Waals surface area contributed by atoms with Gasteiger partial charge >= 0.3 is 5.97 Å². The van der Waals surface area contributed by atoms with E-state index in [1.165, 1.54) is 31.9 Å². The first-order valence-corrected chi connectivity index (χ1v) is 6.67. The first-order valence-electron chi connectivity index (χ1n) is 6.67. The highest BCUT2D eigenvalue weighted by atomic mass is 16.4. The summed E-state index contributed by atoms with van der Waals surface area (Å²) in [6, 6.07) is 1.75. The van der Waals surface area contributed by atoms with Crippen molar-refractivity contribution in [2.24, 2.45) is 17.8 Å². The van der Waals surface area contributed by atoms with Crippen molar-refractivity contribution >= 4 is 11.7 Å². The number of anilines is 1. The number of carbonyl (C=O) groups is 1. The molecular formula is C14H18N2O2. The van der Waals surface area contributed by atoms with E-state index in [1.54, 1.807) is 12.3 Å². The van der Waals surface area contributed by atoms with Crippen molar-refractivity contribution < 1.29 is 9.90 Å². The van der Waals surface area contributed by atoms with Gasteiger partial charge in [0.15, 0.2) is 0 Å². The maximum atomic E-state index is 11.1. The fraction of sp³-hybridized carbons (Fsp3) is 0.571. The van der Waals surface area contributed by atoms with E-state index < -0.39 is 5.97 Å². The minimum atomic E-state index is -0.917. The van der Waals surface area contributed by atoms with Gasteiger partial charge in [-0.3, -0.25) is 4.98 Å². The molecular weight excluding hydrogens is 228 g/mol. The molecule has 18 heavy (non-hydrogen) atoms. The third-order valence-electron chi connectivity index (χ3n) is 4.03. The molecule has 0 unspecified atom stereocenters. The minimum absolute atomic E-state index is 0.267. The van der Waals surface area contributed by atoms with Crippen molar-refractivity contribution in [3.05, 3.63) is 24.0 Å². The highest BCUT2D eigenvalue weighted by Gasteiger charge is 2.41. The summed E-state index contributed by atoms with van der Waals surface area (Å²) in [4.78, 5) is 14.9. The third kappa shape index (κ3) is 2.47. The number of aromatic carboxylic acids is 1. The number of pyridine rings is 1. The number of hydrogen-bond acceptors (Lipinski definition) is 3. The van der Waals surface area contributed by atoms with E-state index in [1.807, 2.05) is 0 Å². The lowest BCUT2D eigenvalue weighted by Gasteiger charge is -2.17. The van der Waals surface area contributed by atoms with E-state index in [9.17, 15) is 4.79 Å². The summed E-state index contributed by atoms with van der Waals surface area (Å²) in [5, 5.41) is 12.4. The van der Waals surface area contributed by atoms with Gasteiger partial charge in [0.1, 0.15) is 5.56 Å². The number of hydrogen-bond donors (Lipinski definition) is 2. The Morgan fingerprint density at radius 1 is 1.39 bits per heavy atom. The zero-order valence-electron chi connectivity index (χ0n) is 10.3. The SMILES string of the molecule is O=C(O)c1cnccc1NCC(C1CC1)C1CC1. The second-order valence-corrected chi connectivity index (χ2v) is 5.45. The van der Waals surface area contributed by atoms with Crippen LogP contribution >= 0.6 is 0 Å². The molecule has 2 fully saturated rings. The molecule has 2 aliphatic rings. The monoisotopic (exact) mass is 246 g/mol. The summed E-state index contributed by atoms with van der Waals surface area (Å²) in [5.41, 5.74) is 0.964. The number of nitrogens with one attached hydrogen (secondary N) is 1. The van der Waals surface area contributed by atoms with Crippen LogP contribution in [0.4, 0.5) is 5.69 Å². The van der Waals surface area contributed by atoms with E-state index in [0.29, 0.717) is 5.69 Å². The van der Waals surface area contributed by atoms with Crippen LogP contribution in [0.1, 0.15) is 36.0 Å². The normalized spacial score (nSPS) is 18.9. The average Bonchev–Trinajstić information content (AvgIpc) is 3.24. The Bertz CT molecular complexity index is 441. The zero-order chi connectivity index (χ0) is 12.5. The summed E-state index contributed by atoms with van der Waals surface area (Å²) in [5.74, 6) is 1.57. The lowest BCUT2D eigenvalue weighted by Crippen LogP contribution is -2.19. The Morgan fingerprint density at radius 3 is 2.61 bits per heavy atom. The van der Waals surface area contributed by atoms with E-state index in [0.717, 1.165) is 24.3 Å². The van der Waals surface area contributed by atoms with E-state index in [4.69, 9.17) is 5.11 Å². The Labute approximate surface area is 106 Å². The zero-order valence-corrected chi connectivity index (χ0v) is 10.3. The largest absolute Gasteiger partial charge is 0.478 e. The van der Waals surface area contributed by atoms with Crippen LogP contribution in [0.3, 0.4) is 0 Å². The van der Waals surface area contributed by atoms with Crippen molar-refractivity contribution in [3.63, 3.8) is 0 Å². The van der Waals surface area contributed by atoms with Gasteiger partial charge in [0.05, 0.1) is 5.69 Å². The summed E-state index contributed by atoms with van der Waals surface area (Å²) in [6.45, 7) is 0.902. The number of nitrogens with zero attached hydrogens (tertiary/aromatic N) is 1. The van der Waals surface area contributed by atoms with Gasteiger partial charge in [-0.1, -0.05) is 0 Å². The summed E-state index contributed by atoms with van der Waals surface area (Å²) in [6.07, 6.45) is 8.46. The van der Waals surface area contributed by atoms with Crippen molar-refractivity contribution in [1.29, 1.82) is 0 Å². The summed E-state index contributed by atoms with van der Waals surface area (Å²) >= 11 is 0. The molecule has 96 valence electrons. The molecule has 0 radical (unpaired) electrons. The van der Waals surface area contributed by atoms with Crippen molar-refractivity contribution in [2.45, 2.75) is 25.7 Å². The van der Waals surface area contributed by atoms with E-state index in [-0.39, 0.29) is 5.56 Å². The lowest BCUT2D eigenvalue weighted by molar-refractivity contribution is 0.0697. The second kappa shape index (κ2) is 4.59. The molecule has 1 aromatic heterocycles. The first-order chi connectivity index (χ1) is 8.75. The molecule has 0 aliphatic heterocycles. The lowest BCUT2D eigenvalue weighted by atomic mass is 9.98. The predicted octanol–water partition coefficient (Wildman–Crippen LogP) is 2.63. The van der Waals surface area contributed by atoms with Gasteiger partial charge in [-0.25, -0.2) is 4.79 Å². The van der Waals surface area contributed by atoms with Crippen LogP contribution in [0.15, 0.2) is 18.5 Å². The molecule has 2 N–H and O–H groups in total. The van der Waals surface area contributed by atoms with Gasteiger partial charge < -0.3 is 10.4 Å². The van der Waals surface area contributed by atoms with Crippen LogP contribution in [-0.2, 0) is 0 Å². The quantitative estimate of drug-likeness (QED) is 0.810. The molecule has 0 saturated heterocycles. The molecule has 0 atom stereocenters. The van der Waals surface area contributed by atoms with Crippen LogP contribution in [0, 0.1) is 17.8 Å². The molecule has 1 heterocycles.